The predicted molar refractivity (Wildman–Crippen MR) is 69.8 cm³/mol. The molecule has 0 aromatic carbocycles. The summed E-state index contributed by atoms with van der Waals surface area (Å²) in [5.74, 6) is 1.07. The minimum atomic E-state index is 0.155. The molecule has 1 heterocycles. The zero-order valence-corrected chi connectivity index (χ0v) is 11.4. The fourth-order valence-corrected chi connectivity index (χ4v) is 1.86. The van der Waals surface area contributed by atoms with Gasteiger partial charge in [-0.1, -0.05) is 0 Å². The van der Waals surface area contributed by atoms with Gasteiger partial charge in [-0.2, -0.15) is 0 Å². The molecule has 0 unspecified atom stereocenters. The summed E-state index contributed by atoms with van der Waals surface area (Å²) in [5, 5.41) is 3.47. The highest BCUT2D eigenvalue weighted by atomic mass is 16.3. The van der Waals surface area contributed by atoms with Gasteiger partial charge in [0.15, 0.2) is 0 Å². The molecule has 0 amide bonds. The lowest BCUT2D eigenvalue weighted by Gasteiger charge is -2.19. The van der Waals surface area contributed by atoms with Crippen molar-refractivity contribution in [2.24, 2.45) is 0 Å². The number of nitrogens with one attached hydrogen (secondary N) is 1. The zero-order chi connectivity index (χ0) is 12.5. The molecule has 0 aliphatic heterocycles. The SMILES string of the molecule is CN(Cc1cc(CNC(C)(C)C)co1)C1CC1. The van der Waals surface area contributed by atoms with Crippen molar-refractivity contribution < 1.29 is 4.42 Å². The Kier molecular flexibility index (Phi) is 3.59. The third-order valence-electron chi connectivity index (χ3n) is 3.11. The molecule has 0 saturated heterocycles. The first-order valence-electron chi connectivity index (χ1n) is 6.45. The highest BCUT2D eigenvalue weighted by molar-refractivity contribution is 5.13. The maximum Gasteiger partial charge on any atom is 0.118 e. The Morgan fingerprint density at radius 2 is 2.12 bits per heavy atom. The second-order valence-electron chi connectivity index (χ2n) is 6.17. The van der Waals surface area contributed by atoms with Crippen LogP contribution < -0.4 is 5.32 Å². The summed E-state index contributed by atoms with van der Waals surface area (Å²) in [4.78, 5) is 2.37. The van der Waals surface area contributed by atoms with Crippen LogP contribution in [0.5, 0.6) is 0 Å². The number of furan rings is 1. The van der Waals surface area contributed by atoms with Crippen LogP contribution in [0.3, 0.4) is 0 Å². The fourth-order valence-electron chi connectivity index (χ4n) is 1.86. The molecule has 17 heavy (non-hydrogen) atoms. The molecule has 1 fully saturated rings. The summed E-state index contributed by atoms with van der Waals surface area (Å²) in [6.45, 7) is 8.33. The van der Waals surface area contributed by atoms with Gasteiger partial charge in [-0.3, -0.25) is 4.90 Å². The molecular weight excluding hydrogens is 212 g/mol. The Labute approximate surface area is 104 Å². The Hall–Kier alpha value is -0.800. The van der Waals surface area contributed by atoms with E-state index in [1.54, 1.807) is 0 Å². The van der Waals surface area contributed by atoms with Gasteiger partial charge in [0.2, 0.25) is 0 Å². The van der Waals surface area contributed by atoms with E-state index < -0.39 is 0 Å². The average Bonchev–Trinajstić information content (AvgIpc) is 2.97. The average molecular weight is 236 g/mol. The van der Waals surface area contributed by atoms with E-state index in [1.165, 1.54) is 18.4 Å². The van der Waals surface area contributed by atoms with Gasteiger partial charge in [-0.25, -0.2) is 0 Å². The summed E-state index contributed by atoms with van der Waals surface area (Å²) in [6, 6.07) is 2.95. The summed E-state index contributed by atoms with van der Waals surface area (Å²) in [5.41, 5.74) is 1.39. The van der Waals surface area contributed by atoms with Crippen LogP contribution >= 0.6 is 0 Å². The molecular formula is C14H24N2O. The maximum atomic E-state index is 5.60. The highest BCUT2D eigenvalue weighted by Crippen LogP contribution is 2.26. The first kappa shape index (κ1) is 12.7. The van der Waals surface area contributed by atoms with E-state index in [1.807, 2.05) is 6.26 Å². The van der Waals surface area contributed by atoms with E-state index in [4.69, 9.17) is 4.42 Å². The van der Waals surface area contributed by atoms with Crippen molar-refractivity contribution in [2.75, 3.05) is 7.05 Å². The highest BCUT2D eigenvalue weighted by Gasteiger charge is 2.26. The van der Waals surface area contributed by atoms with E-state index in [-0.39, 0.29) is 5.54 Å². The fraction of sp³-hybridized carbons (Fsp3) is 0.714. The van der Waals surface area contributed by atoms with Gasteiger partial charge in [0.25, 0.3) is 0 Å². The first-order chi connectivity index (χ1) is 7.94. The third-order valence-corrected chi connectivity index (χ3v) is 3.11. The molecule has 1 aromatic rings. The van der Waals surface area contributed by atoms with Crippen molar-refractivity contribution in [1.29, 1.82) is 0 Å². The second kappa shape index (κ2) is 4.83. The van der Waals surface area contributed by atoms with Crippen LogP contribution in [-0.4, -0.2) is 23.5 Å². The van der Waals surface area contributed by atoms with Crippen LogP contribution in [0.25, 0.3) is 0 Å². The monoisotopic (exact) mass is 236 g/mol. The van der Waals surface area contributed by atoms with E-state index in [0.29, 0.717) is 0 Å². The number of rotatable bonds is 5. The minimum absolute atomic E-state index is 0.155. The summed E-state index contributed by atoms with van der Waals surface area (Å²) in [7, 11) is 2.17. The Bertz CT molecular complexity index is 361. The van der Waals surface area contributed by atoms with Crippen molar-refractivity contribution in [3.05, 3.63) is 23.7 Å². The third kappa shape index (κ3) is 4.17. The lowest BCUT2D eigenvalue weighted by molar-refractivity contribution is 0.286. The molecule has 2 rings (SSSR count). The first-order valence-corrected chi connectivity index (χ1v) is 6.45. The van der Waals surface area contributed by atoms with E-state index in [9.17, 15) is 0 Å². The Balaban J connectivity index is 1.82. The van der Waals surface area contributed by atoms with Crippen LogP contribution in [0.15, 0.2) is 16.7 Å². The molecule has 0 atom stereocenters. The molecule has 0 bridgehead atoms. The van der Waals surface area contributed by atoms with Crippen molar-refractivity contribution in [1.82, 2.24) is 10.2 Å². The van der Waals surface area contributed by atoms with Gasteiger partial charge < -0.3 is 9.73 Å². The van der Waals surface area contributed by atoms with Gasteiger partial charge in [-0.15, -0.1) is 0 Å². The lowest BCUT2D eigenvalue weighted by atomic mass is 10.1. The second-order valence-corrected chi connectivity index (χ2v) is 6.17. The minimum Gasteiger partial charge on any atom is -0.468 e. The number of nitrogens with zero attached hydrogens (tertiary/aromatic N) is 1. The molecule has 1 aliphatic rings. The van der Waals surface area contributed by atoms with Crippen molar-refractivity contribution >= 4 is 0 Å². The molecule has 3 nitrogen and oxygen atoms in total. The summed E-state index contributed by atoms with van der Waals surface area (Å²) in [6.07, 6.45) is 4.56. The van der Waals surface area contributed by atoms with Crippen molar-refractivity contribution in [2.45, 2.75) is 58.3 Å². The van der Waals surface area contributed by atoms with Crippen LogP contribution in [-0.2, 0) is 13.1 Å². The molecule has 1 aromatic heterocycles. The van der Waals surface area contributed by atoms with Gasteiger partial charge >= 0.3 is 0 Å². The molecule has 1 saturated carbocycles. The van der Waals surface area contributed by atoms with Crippen LogP contribution in [0.4, 0.5) is 0 Å². The Morgan fingerprint density at radius 1 is 1.41 bits per heavy atom. The smallest absolute Gasteiger partial charge is 0.118 e. The quantitative estimate of drug-likeness (QED) is 0.852. The van der Waals surface area contributed by atoms with E-state index in [2.05, 4.69) is 44.1 Å². The summed E-state index contributed by atoms with van der Waals surface area (Å²) >= 11 is 0. The largest absolute Gasteiger partial charge is 0.468 e. The molecule has 96 valence electrons. The van der Waals surface area contributed by atoms with Gasteiger partial charge in [0.05, 0.1) is 12.8 Å². The van der Waals surface area contributed by atoms with Crippen LogP contribution in [0.2, 0.25) is 0 Å². The standard InChI is InChI=1S/C14H24N2O/c1-14(2,3)15-8-11-7-13(17-10-11)9-16(4)12-5-6-12/h7,10,12,15H,5-6,8-9H2,1-4H3. The number of hydrogen-bond acceptors (Lipinski definition) is 3. The van der Waals surface area contributed by atoms with Gasteiger partial charge in [0, 0.05) is 23.7 Å². The molecule has 1 N–H and O–H groups in total. The molecule has 0 radical (unpaired) electrons. The van der Waals surface area contributed by atoms with E-state index in [0.717, 1.165) is 24.9 Å². The van der Waals surface area contributed by atoms with Crippen LogP contribution in [0.1, 0.15) is 44.9 Å². The molecule has 0 spiro atoms. The Morgan fingerprint density at radius 3 is 2.71 bits per heavy atom. The predicted octanol–water partition coefficient (Wildman–Crippen LogP) is 2.76. The molecule has 1 aliphatic carbocycles. The van der Waals surface area contributed by atoms with Crippen molar-refractivity contribution in [3.8, 4) is 0 Å². The van der Waals surface area contributed by atoms with Crippen LogP contribution in [0, 0.1) is 0 Å². The topological polar surface area (TPSA) is 28.4 Å². The van der Waals surface area contributed by atoms with Gasteiger partial charge in [-0.05, 0) is 46.7 Å². The van der Waals surface area contributed by atoms with E-state index >= 15 is 0 Å². The molecule has 3 heteroatoms. The number of hydrogen-bond donors (Lipinski definition) is 1. The van der Waals surface area contributed by atoms with Gasteiger partial charge in [0.1, 0.15) is 5.76 Å². The maximum absolute atomic E-state index is 5.60. The van der Waals surface area contributed by atoms with Crippen molar-refractivity contribution in [3.63, 3.8) is 0 Å². The normalized spacial score (nSPS) is 16.8. The lowest BCUT2D eigenvalue weighted by Crippen LogP contribution is -2.34. The summed E-state index contributed by atoms with van der Waals surface area (Å²) < 4.78 is 5.60. The zero-order valence-electron chi connectivity index (χ0n) is 11.4.